The lowest BCUT2D eigenvalue weighted by atomic mass is 10.4. The predicted molar refractivity (Wildman–Crippen MR) is 33.8 cm³/mol. The van der Waals surface area contributed by atoms with Gasteiger partial charge in [-0.25, -0.2) is 4.72 Å². The lowest BCUT2D eigenvalue weighted by Gasteiger charge is -2.25. The van der Waals surface area contributed by atoms with Gasteiger partial charge in [0.25, 0.3) is 0 Å². The van der Waals surface area contributed by atoms with Crippen molar-refractivity contribution < 1.29 is 13.9 Å². The molecule has 0 saturated carbocycles. The summed E-state index contributed by atoms with van der Waals surface area (Å²) >= 11 is 0. The summed E-state index contributed by atoms with van der Waals surface area (Å²) in [6, 6.07) is -0.463. The Morgan fingerprint density at radius 1 is 1.67 bits per heavy atom. The van der Waals surface area contributed by atoms with E-state index in [1.807, 2.05) is 0 Å². The number of carbonyl (C=O) groups excluding carboxylic acids is 1. The van der Waals surface area contributed by atoms with Crippen LogP contribution in [0.4, 0.5) is 0 Å². The molecule has 0 bridgehead atoms. The van der Waals surface area contributed by atoms with Crippen LogP contribution in [0, 0.1) is 0 Å². The monoisotopic (exact) mass is 152 g/mol. The molecule has 1 rings (SSSR count). The first-order valence-corrected chi connectivity index (χ1v) is 3.94. The first kappa shape index (κ1) is 6.97. The molecule has 0 spiro atoms. The van der Waals surface area contributed by atoms with Crippen LogP contribution in [0.2, 0.25) is 0 Å². The third kappa shape index (κ3) is 1.63. The molecule has 0 aromatic carbocycles. The van der Waals surface area contributed by atoms with Gasteiger partial charge in [0.2, 0.25) is 0 Å². The molecule has 1 fully saturated rings. The van der Waals surface area contributed by atoms with E-state index in [0.29, 0.717) is 6.29 Å². The minimum absolute atomic E-state index is 0.284. The van der Waals surface area contributed by atoms with E-state index in [0.717, 1.165) is 0 Å². The second-order valence-electron chi connectivity index (χ2n) is 1.76. The molecular weight excluding hydrogens is 144 g/mol. The molecule has 1 unspecified atom stereocenters. The van der Waals surface area contributed by atoms with Crippen LogP contribution in [0.25, 0.3) is 0 Å². The van der Waals surface area contributed by atoms with Gasteiger partial charge in [-0.1, -0.05) is 11.0 Å². The van der Waals surface area contributed by atoms with Crippen molar-refractivity contribution in [3.05, 3.63) is 0 Å². The first-order chi connectivity index (χ1) is 4.14. The Morgan fingerprint density at radius 3 is 2.56 bits per heavy atom. The van der Waals surface area contributed by atoms with Gasteiger partial charge in [0.05, 0.1) is 6.04 Å². The highest BCUT2D eigenvalue weighted by atomic mass is 32.3. The number of carbonyl (C=O) groups is 1. The van der Waals surface area contributed by atoms with Gasteiger partial charge in [-0.05, 0) is 0 Å². The fraction of sp³-hybridized carbons (Fsp3) is 0.667. The van der Waals surface area contributed by atoms with E-state index in [-0.39, 0.29) is 6.54 Å². The Hall–Kier alpha value is -0.140. The average molecular weight is 152 g/mol. The van der Waals surface area contributed by atoms with Gasteiger partial charge in [-0.2, -0.15) is 4.72 Å². The molecule has 1 aliphatic heterocycles. The van der Waals surface area contributed by atoms with E-state index in [1.54, 1.807) is 0 Å². The molecular formula is C3H8N2O3S. The Balaban J connectivity index is 2.47. The normalized spacial score (nSPS) is 36.0. The van der Waals surface area contributed by atoms with Gasteiger partial charge in [0.1, 0.15) is 6.29 Å². The van der Waals surface area contributed by atoms with Crippen molar-refractivity contribution in [3.8, 4) is 0 Å². The summed E-state index contributed by atoms with van der Waals surface area (Å²) in [4.78, 5) is 9.98. The predicted octanol–water partition coefficient (Wildman–Crippen LogP) is -0.673. The van der Waals surface area contributed by atoms with Crippen LogP contribution in [0.15, 0.2) is 0 Å². The standard InChI is InChI=1S/C3H8N2O3S/c6-2-3-1-4-9(7,8)5-3/h2-5,7-8H,1H2. The summed E-state index contributed by atoms with van der Waals surface area (Å²) in [5, 5.41) is 0. The minimum Gasteiger partial charge on any atom is -0.302 e. The van der Waals surface area contributed by atoms with Gasteiger partial charge in [0, 0.05) is 6.54 Å². The molecule has 0 aliphatic carbocycles. The highest BCUT2D eigenvalue weighted by Gasteiger charge is 2.25. The van der Waals surface area contributed by atoms with E-state index in [9.17, 15) is 4.79 Å². The smallest absolute Gasteiger partial charge is 0.139 e. The molecule has 0 aromatic rings. The molecule has 1 saturated heterocycles. The van der Waals surface area contributed by atoms with E-state index < -0.39 is 17.0 Å². The summed E-state index contributed by atoms with van der Waals surface area (Å²) in [5.41, 5.74) is 0. The summed E-state index contributed by atoms with van der Waals surface area (Å²) < 4.78 is 22.2. The van der Waals surface area contributed by atoms with Crippen LogP contribution < -0.4 is 9.44 Å². The van der Waals surface area contributed by atoms with Crippen molar-refractivity contribution in [2.45, 2.75) is 6.04 Å². The fourth-order valence-corrected chi connectivity index (χ4v) is 1.63. The molecule has 0 radical (unpaired) electrons. The first-order valence-electron chi connectivity index (χ1n) is 2.39. The van der Waals surface area contributed by atoms with E-state index in [1.165, 1.54) is 0 Å². The third-order valence-corrected chi connectivity index (χ3v) is 2.19. The van der Waals surface area contributed by atoms with E-state index >= 15 is 0 Å². The molecule has 4 N–H and O–H groups in total. The summed E-state index contributed by atoms with van der Waals surface area (Å²) in [5.74, 6) is 0. The lowest BCUT2D eigenvalue weighted by Crippen LogP contribution is -2.25. The van der Waals surface area contributed by atoms with Crippen molar-refractivity contribution in [2.24, 2.45) is 0 Å². The van der Waals surface area contributed by atoms with Gasteiger partial charge < -0.3 is 4.79 Å². The maximum absolute atomic E-state index is 9.98. The van der Waals surface area contributed by atoms with Crippen LogP contribution >= 0.6 is 11.0 Å². The number of hydrogen-bond donors (Lipinski definition) is 4. The molecule has 1 atom stereocenters. The zero-order chi connectivity index (χ0) is 6.91. The van der Waals surface area contributed by atoms with Gasteiger partial charge in [0.15, 0.2) is 0 Å². The highest BCUT2D eigenvalue weighted by Crippen LogP contribution is 2.31. The second-order valence-corrected chi connectivity index (χ2v) is 3.38. The second kappa shape index (κ2) is 2.24. The zero-order valence-electron chi connectivity index (χ0n) is 4.57. The third-order valence-electron chi connectivity index (χ3n) is 0.984. The Bertz CT molecular complexity index is 128. The Labute approximate surface area is 54.1 Å². The van der Waals surface area contributed by atoms with E-state index in [4.69, 9.17) is 9.11 Å². The number of hydrogen-bond acceptors (Lipinski definition) is 5. The van der Waals surface area contributed by atoms with Crippen LogP contribution in [0.3, 0.4) is 0 Å². The molecule has 9 heavy (non-hydrogen) atoms. The maximum atomic E-state index is 9.98. The summed E-state index contributed by atoms with van der Waals surface area (Å²) in [6.45, 7) is 0.284. The molecule has 5 nitrogen and oxygen atoms in total. The fourth-order valence-electron chi connectivity index (χ4n) is 0.576. The minimum atomic E-state index is -2.84. The quantitative estimate of drug-likeness (QED) is 0.374. The Kier molecular flexibility index (Phi) is 1.73. The molecule has 1 aliphatic rings. The molecule has 1 heterocycles. The van der Waals surface area contributed by atoms with Crippen molar-refractivity contribution in [1.82, 2.24) is 9.44 Å². The van der Waals surface area contributed by atoms with Gasteiger partial charge in [-0.3, -0.25) is 9.11 Å². The van der Waals surface area contributed by atoms with Crippen LogP contribution in [-0.2, 0) is 4.79 Å². The van der Waals surface area contributed by atoms with E-state index in [2.05, 4.69) is 9.44 Å². The number of nitrogens with one attached hydrogen (secondary N) is 2. The van der Waals surface area contributed by atoms with Crippen molar-refractivity contribution in [2.75, 3.05) is 6.54 Å². The van der Waals surface area contributed by atoms with Crippen molar-refractivity contribution >= 4 is 17.2 Å². The van der Waals surface area contributed by atoms with Crippen molar-refractivity contribution in [1.29, 1.82) is 0 Å². The van der Waals surface area contributed by atoms with Crippen LogP contribution in [0.1, 0.15) is 0 Å². The Morgan fingerprint density at radius 2 is 2.33 bits per heavy atom. The maximum Gasteiger partial charge on any atom is 0.139 e. The van der Waals surface area contributed by atoms with Crippen LogP contribution in [0.5, 0.6) is 0 Å². The van der Waals surface area contributed by atoms with Gasteiger partial charge in [-0.15, -0.1) is 0 Å². The summed E-state index contributed by atoms with van der Waals surface area (Å²) in [7, 11) is -2.84. The summed E-state index contributed by atoms with van der Waals surface area (Å²) in [6.07, 6.45) is 0.633. The largest absolute Gasteiger partial charge is 0.302 e. The molecule has 54 valence electrons. The zero-order valence-corrected chi connectivity index (χ0v) is 5.39. The molecule has 0 amide bonds. The molecule has 0 aromatic heterocycles. The topological polar surface area (TPSA) is 81.6 Å². The highest BCUT2D eigenvalue weighted by molar-refractivity contribution is 8.21. The lowest BCUT2D eigenvalue weighted by molar-refractivity contribution is -0.108. The average Bonchev–Trinajstić information content (AvgIpc) is 2.10. The SMILES string of the molecule is O=CC1CNS(O)(O)N1. The van der Waals surface area contributed by atoms with Crippen molar-refractivity contribution in [3.63, 3.8) is 0 Å². The number of aldehydes is 1. The van der Waals surface area contributed by atoms with Crippen LogP contribution in [-0.4, -0.2) is 28.0 Å². The molecule has 6 heteroatoms. The van der Waals surface area contributed by atoms with Gasteiger partial charge >= 0.3 is 0 Å². The number of rotatable bonds is 1.